The molecule has 0 bridgehead atoms. The first-order valence-electron chi connectivity index (χ1n) is 5.19. The average Bonchev–Trinajstić information content (AvgIpc) is 2.19. The van der Waals surface area contributed by atoms with Crippen LogP contribution in [0.1, 0.15) is 26.3 Å². The fourth-order valence-corrected chi connectivity index (χ4v) is 1.18. The number of ether oxygens (including phenoxy) is 2. The van der Waals surface area contributed by atoms with Crippen LogP contribution in [-0.4, -0.2) is 17.8 Å². The Hall–Kier alpha value is -1.22. The van der Waals surface area contributed by atoms with E-state index in [9.17, 15) is 5.11 Å². The van der Waals surface area contributed by atoms with E-state index in [1.165, 1.54) is 0 Å². The first-order valence-corrected chi connectivity index (χ1v) is 5.19. The lowest BCUT2D eigenvalue weighted by Gasteiger charge is -2.10. The minimum atomic E-state index is 0.171. The second-order valence-corrected chi connectivity index (χ2v) is 3.59. The molecule has 3 nitrogen and oxygen atoms in total. The third-order valence-electron chi connectivity index (χ3n) is 1.91. The van der Waals surface area contributed by atoms with E-state index < -0.39 is 0 Å². The van der Waals surface area contributed by atoms with Crippen LogP contribution in [0, 0.1) is 0 Å². The highest BCUT2D eigenvalue weighted by molar-refractivity contribution is 5.41. The molecule has 0 amide bonds. The zero-order chi connectivity index (χ0) is 11.3. The molecule has 0 spiro atoms. The molecule has 0 aliphatic rings. The Balaban J connectivity index is 2.69. The molecule has 0 heterocycles. The Labute approximate surface area is 90.6 Å². The standard InChI is InChI=1S/C12H18O3/c1-4-14-12-7-10(5-6-11(12)13)8-15-9(2)3/h5-7,9,13H,4,8H2,1-3H3. The molecular formula is C12H18O3. The quantitative estimate of drug-likeness (QED) is 0.812. The third kappa shape index (κ3) is 3.80. The molecule has 1 aromatic carbocycles. The second kappa shape index (κ2) is 5.61. The van der Waals surface area contributed by atoms with E-state index in [2.05, 4.69) is 0 Å². The number of benzene rings is 1. The first kappa shape index (κ1) is 11.9. The minimum absolute atomic E-state index is 0.171. The van der Waals surface area contributed by atoms with Gasteiger partial charge in [0.15, 0.2) is 11.5 Å². The van der Waals surface area contributed by atoms with Crippen molar-refractivity contribution < 1.29 is 14.6 Å². The number of rotatable bonds is 5. The van der Waals surface area contributed by atoms with E-state index in [1.54, 1.807) is 12.1 Å². The van der Waals surface area contributed by atoms with Gasteiger partial charge in [-0.2, -0.15) is 0 Å². The van der Waals surface area contributed by atoms with Crippen molar-refractivity contribution in [1.82, 2.24) is 0 Å². The molecule has 0 aliphatic carbocycles. The molecule has 0 saturated carbocycles. The van der Waals surface area contributed by atoms with Gasteiger partial charge in [-0.05, 0) is 38.5 Å². The van der Waals surface area contributed by atoms with Crippen LogP contribution in [0.4, 0.5) is 0 Å². The molecule has 1 aromatic rings. The average molecular weight is 210 g/mol. The van der Waals surface area contributed by atoms with Crippen molar-refractivity contribution in [3.05, 3.63) is 23.8 Å². The van der Waals surface area contributed by atoms with Crippen molar-refractivity contribution in [1.29, 1.82) is 0 Å². The molecule has 0 radical (unpaired) electrons. The summed E-state index contributed by atoms with van der Waals surface area (Å²) < 4.78 is 10.7. The summed E-state index contributed by atoms with van der Waals surface area (Å²) in [6, 6.07) is 5.27. The molecule has 0 saturated heterocycles. The van der Waals surface area contributed by atoms with Gasteiger partial charge in [-0.15, -0.1) is 0 Å². The summed E-state index contributed by atoms with van der Waals surface area (Å²) >= 11 is 0. The van der Waals surface area contributed by atoms with Gasteiger partial charge in [0.05, 0.1) is 19.3 Å². The SMILES string of the molecule is CCOc1cc(COC(C)C)ccc1O. The zero-order valence-corrected chi connectivity index (χ0v) is 9.49. The highest BCUT2D eigenvalue weighted by atomic mass is 16.5. The van der Waals surface area contributed by atoms with Crippen molar-refractivity contribution in [2.45, 2.75) is 33.5 Å². The first-order chi connectivity index (χ1) is 7.13. The molecule has 15 heavy (non-hydrogen) atoms. The number of hydrogen-bond acceptors (Lipinski definition) is 3. The Kier molecular flexibility index (Phi) is 4.43. The van der Waals surface area contributed by atoms with Gasteiger partial charge in [0, 0.05) is 0 Å². The zero-order valence-electron chi connectivity index (χ0n) is 9.49. The highest BCUT2D eigenvalue weighted by Gasteiger charge is 2.04. The number of phenolic OH excluding ortho intramolecular Hbond substituents is 1. The highest BCUT2D eigenvalue weighted by Crippen LogP contribution is 2.27. The topological polar surface area (TPSA) is 38.7 Å². The fourth-order valence-electron chi connectivity index (χ4n) is 1.18. The Morgan fingerprint density at radius 3 is 2.67 bits per heavy atom. The van der Waals surface area contributed by atoms with Crippen molar-refractivity contribution in [3.8, 4) is 11.5 Å². The molecule has 1 N–H and O–H groups in total. The molecule has 0 aromatic heterocycles. The predicted octanol–water partition coefficient (Wildman–Crippen LogP) is 2.72. The van der Waals surface area contributed by atoms with E-state index in [0.717, 1.165) is 5.56 Å². The monoisotopic (exact) mass is 210 g/mol. The molecule has 0 atom stereocenters. The van der Waals surface area contributed by atoms with Crippen molar-refractivity contribution >= 4 is 0 Å². The maximum absolute atomic E-state index is 9.48. The molecule has 0 aliphatic heterocycles. The minimum Gasteiger partial charge on any atom is -0.504 e. The van der Waals surface area contributed by atoms with E-state index in [0.29, 0.717) is 19.0 Å². The second-order valence-electron chi connectivity index (χ2n) is 3.59. The number of aromatic hydroxyl groups is 1. The van der Waals surface area contributed by atoms with Gasteiger partial charge in [-0.25, -0.2) is 0 Å². The van der Waals surface area contributed by atoms with Crippen LogP contribution >= 0.6 is 0 Å². The lowest BCUT2D eigenvalue weighted by atomic mass is 10.2. The van der Waals surface area contributed by atoms with Crippen molar-refractivity contribution in [2.24, 2.45) is 0 Å². The van der Waals surface area contributed by atoms with Crippen LogP contribution in [0.5, 0.6) is 11.5 Å². The summed E-state index contributed by atoms with van der Waals surface area (Å²) in [6.45, 7) is 6.95. The van der Waals surface area contributed by atoms with Crippen LogP contribution in [0.2, 0.25) is 0 Å². The van der Waals surface area contributed by atoms with Gasteiger partial charge in [-0.1, -0.05) is 6.07 Å². The predicted molar refractivity (Wildman–Crippen MR) is 59.2 cm³/mol. The fraction of sp³-hybridized carbons (Fsp3) is 0.500. The number of phenols is 1. The summed E-state index contributed by atoms with van der Waals surface area (Å²) in [7, 11) is 0. The van der Waals surface area contributed by atoms with E-state index in [4.69, 9.17) is 9.47 Å². The van der Waals surface area contributed by atoms with Gasteiger partial charge in [-0.3, -0.25) is 0 Å². The van der Waals surface area contributed by atoms with Gasteiger partial charge in [0.2, 0.25) is 0 Å². The van der Waals surface area contributed by atoms with E-state index in [1.807, 2.05) is 26.8 Å². The number of hydrogen-bond donors (Lipinski definition) is 1. The summed E-state index contributed by atoms with van der Waals surface area (Å²) in [5, 5.41) is 9.48. The van der Waals surface area contributed by atoms with E-state index in [-0.39, 0.29) is 11.9 Å². The molecule has 0 fully saturated rings. The Morgan fingerprint density at radius 1 is 1.33 bits per heavy atom. The van der Waals surface area contributed by atoms with Gasteiger partial charge < -0.3 is 14.6 Å². The third-order valence-corrected chi connectivity index (χ3v) is 1.91. The van der Waals surface area contributed by atoms with Gasteiger partial charge in [0.25, 0.3) is 0 Å². The van der Waals surface area contributed by atoms with Gasteiger partial charge >= 0.3 is 0 Å². The normalized spacial score (nSPS) is 10.7. The van der Waals surface area contributed by atoms with Crippen LogP contribution in [0.3, 0.4) is 0 Å². The molecule has 84 valence electrons. The smallest absolute Gasteiger partial charge is 0.161 e. The lowest BCUT2D eigenvalue weighted by molar-refractivity contribution is 0.0655. The molecule has 1 rings (SSSR count). The van der Waals surface area contributed by atoms with Crippen LogP contribution < -0.4 is 4.74 Å². The van der Waals surface area contributed by atoms with E-state index >= 15 is 0 Å². The van der Waals surface area contributed by atoms with Gasteiger partial charge in [0.1, 0.15) is 0 Å². The van der Waals surface area contributed by atoms with Crippen LogP contribution in [-0.2, 0) is 11.3 Å². The summed E-state index contributed by atoms with van der Waals surface area (Å²) in [5.74, 6) is 0.688. The Bertz CT molecular complexity index is 308. The van der Waals surface area contributed by atoms with Crippen LogP contribution in [0.25, 0.3) is 0 Å². The summed E-state index contributed by atoms with van der Waals surface area (Å²) in [6.07, 6.45) is 0.203. The molecular weight excluding hydrogens is 192 g/mol. The Morgan fingerprint density at radius 2 is 2.07 bits per heavy atom. The van der Waals surface area contributed by atoms with Crippen molar-refractivity contribution in [3.63, 3.8) is 0 Å². The summed E-state index contributed by atoms with van der Waals surface area (Å²) in [4.78, 5) is 0. The maximum Gasteiger partial charge on any atom is 0.161 e. The largest absolute Gasteiger partial charge is 0.504 e. The lowest BCUT2D eigenvalue weighted by Crippen LogP contribution is -2.02. The molecule has 0 unspecified atom stereocenters. The molecule has 3 heteroatoms. The van der Waals surface area contributed by atoms with Crippen LogP contribution in [0.15, 0.2) is 18.2 Å². The van der Waals surface area contributed by atoms with Crippen molar-refractivity contribution in [2.75, 3.05) is 6.61 Å². The summed E-state index contributed by atoms with van der Waals surface area (Å²) in [5.41, 5.74) is 1.00. The maximum atomic E-state index is 9.48.